The Balaban J connectivity index is 2.85. The molecule has 0 saturated heterocycles. The van der Waals surface area contributed by atoms with E-state index in [4.69, 9.17) is 16.7 Å². The highest BCUT2D eigenvalue weighted by Gasteiger charge is 2.17. The smallest absolute Gasteiger partial charge is 0.325 e. The maximum Gasteiger partial charge on any atom is 0.325 e. The molecule has 3 N–H and O–H groups in total. The van der Waals surface area contributed by atoms with Crippen molar-refractivity contribution in [2.45, 2.75) is 13.0 Å². The first-order chi connectivity index (χ1) is 7.41. The number of amides is 1. The van der Waals surface area contributed by atoms with Gasteiger partial charge in [-0.15, -0.1) is 0 Å². The van der Waals surface area contributed by atoms with E-state index in [1.54, 1.807) is 0 Å². The molecular formula is C10H10ClNO4. The summed E-state index contributed by atoms with van der Waals surface area (Å²) in [4.78, 5) is 22.0. The number of rotatable bonds is 3. The molecule has 0 aliphatic heterocycles. The quantitative estimate of drug-likeness (QED) is 0.746. The molecule has 0 radical (unpaired) electrons. The number of phenols is 1. The van der Waals surface area contributed by atoms with Crippen LogP contribution in [0.1, 0.15) is 17.3 Å². The Hall–Kier alpha value is -1.75. The fraction of sp³-hybridized carbons (Fsp3) is 0.200. The minimum atomic E-state index is -1.15. The second-order valence-electron chi connectivity index (χ2n) is 3.19. The minimum absolute atomic E-state index is 0.0162. The fourth-order valence-corrected chi connectivity index (χ4v) is 1.20. The van der Waals surface area contributed by atoms with Gasteiger partial charge in [-0.1, -0.05) is 11.6 Å². The van der Waals surface area contributed by atoms with Crippen molar-refractivity contribution >= 4 is 23.5 Å². The highest BCUT2D eigenvalue weighted by Crippen LogP contribution is 2.21. The average Bonchev–Trinajstić information content (AvgIpc) is 2.16. The highest BCUT2D eigenvalue weighted by atomic mass is 35.5. The maximum atomic E-state index is 11.5. The number of aliphatic carboxylic acids is 1. The topological polar surface area (TPSA) is 86.6 Å². The number of nitrogens with one attached hydrogen (secondary N) is 1. The summed E-state index contributed by atoms with van der Waals surface area (Å²) in [6.07, 6.45) is 0. The lowest BCUT2D eigenvalue weighted by Crippen LogP contribution is -2.38. The van der Waals surface area contributed by atoms with Gasteiger partial charge in [0.05, 0.1) is 5.56 Å². The first-order valence-corrected chi connectivity index (χ1v) is 4.82. The highest BCUT2D eigenvalue weighted by molar-refractivity contribution is 6.30. The van der Waals surface area contributed by atoms with Crippen LogP contribution in [0.3, 0.4) is 0 Å². The molecule has 6 heteroatoms. The van der Waals surface area contributed by atoms with Crippen molar-refractivity contribution in [3.8, 4) is 5.75 Å². The van der Waals surface area contributed by atoms with E-state index >= 15 is 0 Å². The summed E-state index contributed by atoms with van der Waals surface area (Å²) in [5.74, 6) is -2.10. The number of carbonyl (C=O) groups excluding carboxylic acids is 1. The zero-order chi connectivity index (χ0) is 12.3. The number of hydrogen-bond donors (Lipinski definition) is 3. The van der Waals surface area contributed by atoms with Crippen LogP contribution in [0.15, 0.2) is 18.2 Å². The summed E-state index contributed by atoms with van der Waals surface area (Å²) in [6, 6.07) is 2.94. The number of phenolic OH excluding ortho intramolecular Hbond substituents is 1. The summed E-state index contributed by atoms with van der Waals surface area (Å²) in [7, 11) is 0. The van der Waals surface area contributed by atoms with Crippen molar-refractivity contribution < 1.29 is 19.8 Å². The van der Waals surface area contributed by atoms with Gasteiger partial charge in [0.2, 0.25) is 0 Å². The van der Waals surface area contributed by atoms with Crippen molar-refractivity contribution in [2.75, 3.05) is 0 Å². The Morgan fingerprint density at radius 1 is 1.44 bits per heavy atom. The number of benzene rings is 1. The molecular weight excluding hydrogens is 234 g/mol. The Morgan fingerprint density at radius 3 is 2.56 bits per heavy atom. The van der Waals surface area contributed by atoms with Gasteiger partial charge in [-0.25, -0.2) is 0 Å². The third-order valence-electron chi connectivity index (χ3n) is 1.92. The fourth-order valence-electron chi connectivity index (χ4n) is 1.03. The van der Waals surface area contributed by atoms with Crippen molar-refractivity contribution in [1.82, 2.24) is 5.32 Å². The van der Waals surface area contributed by atoms with E-state index in [1.165, 1.54) is 25.1 Å². The number of carboxylic acid groups (broad SMARTS) is 1. The van der Waals surface area contributed by atoms with E-state index in [2.05, 4.69) is 5.32 Å². The van der Waals surface area contributed by atoms with Gasteiger partial charge in [0.1, 0.15) is 11.8 Å². The monoisotopic (exact) mass is 243 g/mol. The largest absolute Gasteiger partial charge is 0.507 e. The van der Waals surface area contributed by atoms with Gasteiger partial charge in [-0.2, -0.15) is 0 Å². The standard InChI is InChI=1S/C10H10ClNO4/c1-5(10(15)16)12-9(14)7-3-2-6(11)4-8(7)13/h2-5,13H,1H3,(H,12,14)(H,15,16). The van der Waals surface area contributed by atoms with Crippen LogP contribution < -0.4 is 5.32 Å². The van der Waals surface area contributed by atoms with Crippen LogP contribution in [-0.4, -0.2) is 28.1 Å². The van der Waals surface area contributed by atoms with Crippen LogP contribution in [0.5, 0.6) is 5.75 Å². The van der Waals surface area contributed by atoms with E-state index in [0.29, 0.717) is 5.02 Å². The van der Waals surface area contributed by atoms with E-state index in [-0.39, 0.29) is 11.3 Å². The predicted molar refractivity (Wildman–Crippen MR) is 57.7 cm³/mol. The van der Waals surface area contributed by atoms with Gasteiger partial charge < -0.3 is 15.5 Å². The molecule has 0 saturated carbocycles. The zero-order valence-electron chi connectivity index (χ0n) is 8.40. The van der Waals surface area contributed by atoms with Crippen LogP contribution in [0.25, 0.3) is 0 Å². The van der Waals surface area contributed by atoms with Crippen molar-refractivity contribution in [1.29, 1.82) is 0 Å². The van der Waals surface area contributed by atoms with E-state index in [1.807, 2.05) is 0 Å². The molecule has 0 spiro atoms. The lowest BCUT2D eigenvalue weighted by atomic mass is 10.2. The van der Waals surface area contributed by atoms with Gasteiger partial charge in [-0.3, -0.25) is 9.59 Å². The van der Waals surface area contributed by atoms with Gasteiger partial charge >= 0.3 is 5.97 Å². The molecule has 0 aliphatic rings. The number of halogens is 1. The van der Waals surface area contributed by atoms with Crippen LogP contribution in [0, 0.1) is 0 Å². The molecule has 0 bridgehead atoms. The summed E-state index contributed by atoms with van der Waals surface area (Å²) in [6.45, 7) is 1.33. The van der Waals surface area contributed by atoms with E-state index in [9.17, 15) is 14.7 Å². The van der Waals surface area contributed by atoms with Crippen molar-refractivity contribution in [3.63, 3.8) is 0 Å². The normalized spacial score (nSPS) is 11.9. The van der Waals surface area contributed by atoms with Crippen molar-refractivity contribution in [3.05, 3.63) is 28.8 Å². The Morgan fingerprint density at radius 2 is 2.06 bits per heavy atom. The van der Waals surface area contributed by atoms with E-state index in [0.717, 1.165) is 0 Å². The van der Waals surface area contributed by atoms with Crippen LogP contribution >= 0.6 is 11.6 Å². The molecule has 86 valence electrons. The molecule has 1 unspecified atom stereocenters. The summed E-state index contributed by atoms with van der Waals surface area (Å²) >= 11 is 5.59. The number of hydrogen-bond acceptors (Lipinski definition) is 3. The summed E-state index contributed by atoms with van der Waals surface area (Å²) < 4.78 is 0. The maximum absolute atomic E-state index is 11.5. The third kappa shape index (κ3) is 2.87. The van der Waals surface area contributed by atoms with E-state index < -0.39 is 17.9 Å². The van der Waals surface area contributed by atoms with Crippen LogP contribution in [0.2, 0.25) is 5.02 Å². The first-order valence-electron chi connectivity index (χ1n) is 4.44. The molecule has 1 aromatic carbocycles. The van der Waals surface area contributed by atoms with Crippen LogP contribution in [-0.2, 0) is 4.79 Å². The molecule has 1 aromatic rings. The molecule has 1 rings (SSSR count). The summed E-state index contributed by atoms with van der Waals surface area (Å²) in [5, 5.41) is 20.5. The Labute approximate surface area is 96.7 Å². The van der Waals surface area contributed by atoms with Gasteiger partial charge in [0, 0.05) is 5.02 Å². The number of carbonyl (C=O) groups is 2. The SMILES string of the molecule is CC(NC(=O)c1ccc(Cl)cc1O)C(=O)O. The molecule has 1 amide bonds. The Kier molecular flexibility index (Phi) is 3.73. The first kappa shape index (κ1) is 12.3. The lowest BCUT2D eigenvalue weighted by molar-refractivity contribution is -0.138. The summed E-state index contributed by atoms with van der Waals surface area (Å²) in [5.41, 5.74) is -0.0162. The zero-order valence-corrected chi connectivity index (χ0v) is 9.15. The average molecular weight is 244 g/mol. The third-order valence-corrected chi connectivity index (χ3v) is 2.16. The number of carboxylic acids is 1. The van der Waals surface area contributed by atoms with Crippen molar-refractivity contribution in [2.24, 2.45) is 0 Å². The number of aromatic hydroxyl groups is 1. The molecule has 0 aliphatic carbocycles. The van der Waals surface area contributed by atoms with Gasteiger partial charge in [0.15, 0.2) is 0 Å². The molecule has 0 fully saturated rings. The minimum Gasteiger partial charge on any atom is -0.507 e. The van der Waals surface area contributed by atoms with Gasteiger partial charge in [0.25, 0.3) is 5.91 Å². The molecule has 0 aromatic heterocycles. The molecule has 0 heterocycles. The van der Waals surface area contributed by atoms with Gasteiger partial charge in [-0.05, 0) is 25.1 Å². The van der Waals surface area contributed by atoms with Crippen LogP contribution in [0.4, 0.5) is 0 Å². The lowest BCUT2D eigenvalue weighted by Gasteiger charge is -2.10. The Bertz CT molecular complexity index is 433. The molecule has 16 heavy (non-hydrogen) atoms. The molecule has 5 nitrogen and oxygen atoms in total. The molecule has 1 atom stereocenters. The second kappa shape index (κ2) is 4.85. The second-order valence-corrected chi connectivity index (χ2v) is 3.63. The predicted octanol–water partition coefficient (Wildman–Crippen LogP) is 1.25.